The quantitative estimate of drug-likeness (QED) is 0.224. The average Bonchev–Trinajstić information content (AvgIpc) is 2.98. The van der Waals surface area contributed by atoms with Gasteiger partial charge in [-0.25, -0.2) is 4.79 Å². The Bertz CT molecular complexity index is 1420. The van der Waals surface area contributed by atoms with Crippen molar-refractivity contribution in [3.05, 3.63) is 131 Å². The number of alkyl carbamates (subject to hydrolysis) is 1. The molecule has 0 aromatic heterocycles. The lowest BCUT2D eigenvalue weighted by molar-refractivity contribution is -0.118. The SMILES string of the molecule is NC1(c2cccc(NC(=O)[C@@H](NC(=O)OCc3ccccc3)c3ccc(OCc4ccccc4)cc3)c2)CCC1. The van der Waals surface area contributed by atoms with Crippen LogP contribution in [0.3, 0.4) is 0 Å². The van der Waals surface area contributed by atoms with Gasteiger partial charge in [0.15, 0.2) is 0 Å². The summed E-state index contributed by atoms with van der Waals surface area (Å²) < 4.78 is 11.3. The summed E-state index contributed by atoms with van der Waals surface area (Å²) in [5, 5.41) is 5.67. The zero-order valence-corrected chi connectivity index (χ0v) is 22.2. The van der Waals surface area contributed by atoms with Gasteiger partial charge >= 0.3 is 6.09 Å². The van der Waals surface area contributed by atoms with Crippen molar-refractivity contribution in [2.75, 3.05) is 5.32 Å². The van der Waals surface area contributed by atoms with E-state index < -0.39 is 18.0 Å². The summed E-state index contributed by atoms with van der Waals surface area (Å²) >= 11 is 0. The molecule has 0 saturated heterocycles. The highest BCUT2D eigenvalue weighted by Gasteiger charge is 2.34. The molecule has 40 heavy (non-hydrogen) atoms. The molecule has 1 saturated carbocycles. The zero-order valence-electron chi connectivity index (χ0n) is 22.2. The number of benzene rings is 4. The van der Waals surface area contributed by atoms with Crippen LogP contribution in [0.1, 0.15) is 47.6 Å². The number of nitrogens with two attached hydrogens (primary N) is 1. The van der Waals surface area contributed by atoms with E-state index in [1.54, 1.807) is 24.3 Å². The van der Waals surface area contributed by atoms with Crippen LogP contribution in [0, 0.1) is 0 Å². The summed E-state index contributed by atoms with van der Waals surface area (Å²) in [5.41, 5.74) is 10.2. The van der Waals surface area contributed by atoms with Crippen LogP contribution in [0.5, 0.6) is 5.75 Å². The molecule has 7 nitrogen and oxygen atoms in total. The molecule has 1 aliphatic carbocycles. The predicted octanol–water partition coefficient (Wildman–Crippen LogP) is 6.21. The molecule has 0 unspecified atom stereocenters. The molecule has 4 N–H and O–H groups in total. The second kappa shape index (κ2) is 12.5. The molecule has 1 aliphatic rings. The lowest BCUT2D eigenvalue weighted by Crippen LogP contribution is -2.43. The molecule has 204 valence electrons. The molecule has 5 rings (SSSR count). The summed E-state index contributed by atoms with van der Waals surface area (Å²) in [5.74, 6) is 0.256. The van der Waals surface area contributed by atoms with Crippen molar-refractivity contribution in [1.29, 1.82) is 0 Å². The third-order valence-corrected chi connectivity index (χ3v) is 7.15. The van der Waals surface area contributed by atoms with Gasteiger partial charge in [0.1, 0.15) is 25.0 Å². The normalized spacial score (nSPS) is 14.3. The number of amides is 2. The molecule has 1 fully saturated rings. The molecule has 1 atom stereocenters. The van der Waals surface area contributed by atoms with Gasteiger partial charge in [-0.3, -0.25) is 4.79 Å². The van der Waals surface area contributed by atoms with Gasteiger partial charge in [0.05, 0.1) is 0 Å². The first-order chi connectivity index (χ1) is 19.5. The second-order valence-corrected chi connectivity index (χ2v) is 10.1. The van der Waals surface area contributed by atoms with Crippen LogP contribution >= 0.6 is 0 Å². The summed E-state index contributed by atoms with van der Waals surface area (Å²) in [4.78, 5) is 26.3. The van der Waals surface area contributed by atoms with E-state index in [-0.39, 0.29) is 12.1 Å². The maximum Gasteiger partial charge on any atom is 0.408 e. The van der Waals surface area contributed by atoms with Crippen molar-refractivity contribution in [3.8, 4) is 5.75 Å². The largest absolute Gasteiger partial charge is 0.489 e. The first-order valence-electron chi connectivity index (χ1n) is 13.4. The summed E-state index contributed by atoms with van der Waals surface area (Å²) in [6.45, 7) is 0.515. The monoisotopic (exact) mass is 535 g/mol. The van der Waals surface area contributed by atoms with Gasteiger partial charge < -0.3 is 25.8 Å². The summed E-state index contributed by atoms with van der Waals surface area (Å²) in [7, 11) is 0. The van der Waals surface area contributed by atoms with Gasteiger partial charge in [0.25, 0.3) is 5.91 Å². The van der Waals surface area contributed by atoms with Crippen LogP contribution in [-0.4, -0.2) is 12.0 Å². The Morgan fingerprint density at radius 2 is 1.45 bits per heavy atom. The number of nitrogens with one attached hydrogen (secondary N) is 2. The van der Waals surface area contributed by atoms with Gasteiger partial charge in [0, 0.05) is 11.2 Å². The van der Waals surface area contributed by atoms with Gasteiger partial charge in [0.2, 0.25) is 0 Å². The van der Waals surface area contributed by atoms with Crippen LogP contribution in [0.2, 0.25) is 0 Å². The van der Waals surface area contributed by atoms with Crippen LogP contribution in [0.4, 0.5) is 10.5 Å². The third kappa shape index (κ3) is 6.87. The minimum absolute atomic E-state index is 0.0912. The Kier molecular flexibility index (Phi) is 8.42. The fraction of sp³-hybridized carbons (Fsp3) is 0.212. The van der Waals surface area contributed by atoms with Crippen molar-refractivity contribution in [2.24, 2.45) is 5.73 Å². The zero-order chi connectivity index (χ0) is 27.8. The fourth-order valence-corrected chi connectivity index (χ4v) is 4.65. The molecule has 7 heteroatoms. The van der Waals surface area contributed by atoms with Crippen LogP contribution < -0.4 is 21.1 Å². The summed E-state index contributed by atoms with van der Waals surface area (Å²) in [6, 6.07) is 32.9. The van der Waals surface area contributed by atoms with E-state index >= 15 is 0 Å². The molecule has 4 aromatic carbocycles. The molecular weight excluding hydrogens is 502 g/mol. The minimum atomic E-state index is -0.995. The van der Waals surface area contributed by atoms with E-state index in [0.717, 1.165) is 36.0 Å². The number of rotatable bonds is 10. The van der Waals surface area contributed by atoms with Crippen molar-refractivity contribution < 1.29 is 19.1 Å². The van der Waals surface area contributed by atoms with Crippen molar-refractivity contribution >= 4 is 17.7 Å². The molecule has 0 radical (unpaired) electrons. The molecule has 0 heterocycles. The van der Waals surface area contributed by atoms with E-state index in [2.05, 4.69) is 10.6 Å². The third-order valence-electron chi connectivity index (χ3n) is 7.15. The molecule has 0 aliphatic heterocycles. The van der Waals surface area contributed by atoms with E-state index in [4.69, 9.17) is 15.2 Å². The number of hydrogen-bond donors (Lipinski definition) is 3. The van der Waals surface area contributed by atoms with E-state index in [0.29, 0.717) is 23.6 Å². The van der Waals surface area contributed by atoms with Gasteiger partial charge in [-0.15, -0.1) is 0 Å². The van der Waals surface area contributed by atoms with E-state index in [1.165, 1.54) is 0 Å². The number of carbonyl (C=O) groups is 2. The first kappa shape index (κ1) is 27.0. The summed E-state index contributed by atoms with van der Waals surface area (Å²) in [6.07, 6.45) is 2.23. The van der Waals surface area contributed by atoms with Crippen LogP contribution in [-0.2, 0) is 28.3 Å². The first-order valence-corrected chi connectivity index (χ1v) is 13.4. The van der Waals surface area contributed by atoms with Gasteiger partial charge in [-0.05, 0) is 65.8 Å². The molecule has 2 amide bonds. The Morgan fingerprint density at radius 3 is 2.08 bits per heavy atom. The Balaban J connectivity index is 1.30. The minimum Gasteiger partial charge on any atom is -0.489 e. The number of anilines is 1. The topological polar surface area (TPSA) is 103 Å². The van der Waals surface area contributed by atoms with Crippen molar-refractivity contribution in [1.82, 2.24) is 5.32 Å². The highest BCUT2D eigenvalue weighted by atomic mass is 16.5. The van der Waals surface area contributed by atoms with Gasteiger partial charge in [-0.2, -0.15) is 0 Å². The van der Waals surface area contributed by atoms with Crippen LogP contribution in [0.15, 0.2) is 109 Å². The highest BCUT2D eigenvalue weighted by molar-refractivity contribution is 5.97. The smallest absolute Gasteiger partial charge is 0.408 e. The van der Waals surface area contributed by atoms with Gasteiger partial charge in [-0.1, -0.05) is 84.9 Å². The van der Waals surface area contributed by atoms with Crippen molar-refractivity contribution in [2.45, 2.75) is 44.1 Å². The average molecular weight is 536 g/mol. The fourth-order valence-electron chi connectivity index (χ4n) is 4.65. The molecule has 4 aromatic rings. The standard InChI is InChI=1S/C33H33N3O4/c34-33(19-8-20-33)27-13-7-14-28(21-27)35-31(37)30(36-32(38)40-23-25-11-5-2-6-12-25)26-15-17-29(18-16-26)39-22-24-9-3-1-4-10-24/h1-7,9-18,21,30H,8,19-20,22-23,34H2,(H,35,37)(H,36,38)/t30-/m0/s1. The molecule has 0 bridgehead atoms. The molecular formula is C33H33N3O4. The van der Waals surface area contributed by atoms with E-state index in [1.807, 2.05) is 84.9 Å². The lowest BCUT2D eigenvalue weighted by Gasteiger charge is -2.38. The maximum atomic E-state index is 13.5. The number of ether oxygens (including phenoxy) is 2. The number of hydrogen-bond acceptors (Lipinski definition) is 5. The lowest BCUT2D eigenvalue weighted by atomic mass is 9.73. The highest BCUT2D eigenvalue weighted by Crippen LogP contribution is 2.39. The molecule has 0 spiro atoms. The number of carbonyl (C=O) groups excluding carboxylic acids is 2. The van der Waals surface area contributed by atoms with E-state index in [9.17, 15) is 9.59 Å². The van der Waals surface area contributed by atoms with Crippen molar-refractivity contribution in [3.63, 3.8) is 0 Å². The maximum absolute atomic E-state index is 13.5. The van der Waals surface area contributed by atoms with Crippen LogP contribution in [0.25, 0.3) is 0 Å². The predicted molar refractivity (Wildman–Crippen MR) is 155 cm³/mol. The Labute approximate surface area is 234 Å². The Morgan fingerprint density at radius 1 is 0.800 bits per heavy atom. The second-order valence-electron chi connectivity index (χ2n) is 10.1. The Hall–Kier alpha value is -4.62.